The van der Waals surface area contributed by atoms with E-state index in [9.17, 15) is 13.2 Å². The van der Waals surface area contributed by atoms with Crippen LogP contribution in [0.4, 0.5) is 13.2 Å². The van der Waals surface area contributed by atoms with Crippen molar-refractivity contribution >= 4 is 17.3 Å². The van der Waals surface area contributed by atoms with Crippen LogP contribution >= 0.6 is 11.3 Å². The van der Waals surface area contributed by atoms with Crippen LogP contribution in [0.3, 0.4) is 0 Å². The van der Waals surface area contributed by atoms with Crippen LogP contribution in [0, 0.1) is 0 Å². The molecule has 1 aliphatic rings. The Morgan fingerprint density at radius 3 is 2.83 bits per heavy atom. The molecule has 0 saturated carbocycles. The van der Waals surface area contributed by atoms with Gasteiger partial charge in [0.05, 0.1) is 5.01 Å². The van der Waals surface area contributed by atoms with Gasteiger partial charge in [-0.15, -0.1) is 21.5 Å². The zero-order valence-electron chi connectivity index (χ0n) is 16.4. The second kappa shape index (κ2) is 10.0. The first-order valence-corrected chi connectivity index (χ1v) is 10.8. The van der Waals surface area contributed by atoms with E-state index in [-0.39, 0.29) is 0 Å². The number of hydrogen-bond donors (Lipinski definition) is 2. The summed E-state index contributed by atoms with van der Waals surface area (Å²) in [7, 11) is 0. The fraction of sp³-hybridized carbons (Fsp3) is 0.667. The summed E-state index contributed by atoms with van der Waals surface area (Å²) in [6, 6.07) is 0. The van der Waals surface area contributed by atoms with Crippen molar-refractivity contribution in [1.82, 2.24) is 30.4 Å². The summed E-state index contributed by atoms with van der Waals surface area (Å²) in [5, 5.41) is 16.5. The minimum absolute atomic E-state index is 0.362. The highest BCUT2D eigenvalue weighted by atomic mass is 32.1. The van der Waals surface area contributed by atoms with Crippen LogP contribution < -0.4 is 10.6 Å². The minimum atomic E-state index is -4.39. The molecule has 11 heteroatoms. The molecule has 7 nitrogen and oxygen atoms in total. The van der Waals surface area contributed by atoms with Crippen molar-refractivity contribution in [3.63, 3.8) is 0 Å². The molecule has 0 amide bonds. The molecule has 2 aromatic rings. The van der Waals surface area contributed by atoms with Crippen molar-refractivity contribution in [3.8, 4) is 0 Å². The van der Waals surface area contributed by atoms with Gasteiger partial charge >= 0.3 is 6.18 Å². The molecule has 3 rings (SSSR count). The molecule has 0 saturated heterocycles. The lowest BCUT2D eigenvalue weighted by Gasteiger charge is -2.11. The van der Waals surface area contributed by atoms with Crippen LogP contribution in [0.25, 0.3) is 0 Å². The van der Waals surface area contributed by atoms with Crippen LogP contribution in [0.2, 0.25) is 0 Å². The number of thiazole rings is 1. The lowest BCUT2D eigenvalue weighted by atomic mass is 10.2. The van der Waals surface area contributed by atoms with Gasteiger partial charge in [0.25, 0.3) is 0 Å². The molecule has 3 heterocycles. The fourth-order valence-electron chi connectivity index (χ4n) is 3.18. The number of alkyl halides is 3. The highest BCUT2D eigenvalue weighted by Crippen LogP contribution is 2.30. The predicted molar refractivity (Wildman–Crippen MR) is 106 cm³/mol. The molecular weight excluding hydrogens is 403 g/mol. The number of aromatic nitrogens is 4. The number of hydrogen-bond acceptors (Lipinski definition) is 5. The van der Waals surface area contributed by atoms with E-state index in [1.807, 2.05) is 6.92 Å². The summed E-state index contributed by atoms with van der Waals surface area (Å²) in [6.07, 6.45) is 1.24. The maximum atomic E-state index is 12.6. The molecule has 0 bridgehead atoms. The maximum Gasteiger partial charge on any atom is 0.434 e. The SMILES string of the molecule is CCNC(=NCCc1nc(C(F)(F)F)cs1)NCCc1nnc2n1CCCCC2. The van der Waals surface area contributed by atoms with E-state index in [0.717, 1.165) is 60.6 Å². The Kier molecular flexibility index (Phi) is 7.45. The average Bonchev–Trinajstić information content (AvgIpc) is 3.23. The molecule has 0 unspecified atom stereocenters. The molecule has 0 atom stereocenters. The summed E-state index contributed by atoms with van der Waals surface area (Å²) in [5.41, 5.74) is -0.834. The van der Waals surface area contributed by atoms with E-state index in [4.69, 9.17) is 0 Å². The molecule has 0 fully saturated rings. The van der Waals surface area contributed by atoms with Crippen LogP contribution in [0.1, 0.15) is 48.5 Å². The second-order valence-electron chi connectivity index (χ2n) is 6.81. The molecule has 0 radical (unpaired) electrons. The lowest BCUT2D eigenvalue weighted by molar-refractivity contribution is -0.140. The van der Waals surface area contributed by atoms with E-state index in [2.05, 4.69) is 35.4 Å². The smallest absolute Gasteiger partial charge is 0.357 e. The monoisotopic (exact) mass is 429 g/mol. The standard InChI is InChI=1S/C18H26F3N7S/c1-2-22-17(24-10-8-16-25-13(12-29-16)18(19,20)21)23-9-7-15-27-26-14-6-4-3-5-11-28(14)15/h12H,2-11H2,1H3,(H2,22,23,24). The Hall–Kier alpha value is -2.17. The third-order valence-corrected chi connectivity index (χ3v) is 5.52. The zero-order chi connectivity index (χ0) is 20.7. The number of guanidine groups is 1. The van der Waals surface area contributed by atoms with Crippen molar-refractivity contribution in [2.75, 3.05) is 19.6 Å². The van der Waals surface area contributed by atoms with Gasteiger partial charge in [0.1, 0.15) is 11.6 Å². The highest BCUT2D eigenvalue weighted by molar-refractivity contribution is 7.09. The zero-order valence-corrected chi connectivity index (χ0v) is 17.2. The minimum Gasteiger partial charge on any atom is -0.357 e. The van der Waals surface area contributed by atoms with Crippen molar-refractivity contribution in [2.45, 2.75) is 58.2 Å². The van der Waals surface area contributed by atoms with Crippen LogP contribution in [0.5, 0.6) is 0 Å². The van der Waals surface area contributed by atoms with Gasteiger partial charge in [-0.3, -0.25) is 4.99 Å². The summed E-state index contributed by atoms with van der Waals surface area (Å²) < 4.78 is 40.1. The van der Waals surface area contributed by atoms with Gasteiger partial charge in [-0.05, 0) is 19.8 Å². The summed E-state index contributed by atoms with van der Waals surface area (Å²) in [6.45, 7) is 4.65. The number of rotatable bonds is 7. The van der Waals surface area contributed by atoms with Crippen LogP contribution in [0.15, 0.2) is 10.4 Å². The third kappa shape index (κ3) is 6.15. The first-order chi connectivity index (χ1) is 14.0. The first kappa shape index (κ1) is 21.5. The first-order valence-electron chi connectivity index (χ1n) is 9.92. The van der Waals surface area contributed by atoms with E-state index in [1.54, 1.807) is 0 Å². The van der Waals surface area contributed by atoms with Gasteiger partial charge in [0, 0.05) is 50.8 Å². The van der Waals surface area contributed by atoms with Crippen molar-refractivity contribution in [1.29, 1.82) is 0 Å². The Morgan fingerprint density at radius 2 is 2.07 bits per heavy atom. The molecule has 2 N–H and O–H groups in total. The quantitative estimate of drug-likeness (QED) is 0.523. The van der Waals surface area contributed by atoms with Crippen molar-refractivity contribution < 1.29 is 13.2 Å². The summed E-state index contributed by atoms with van der Waals surface area (Å²) in [4.78, 5) is 8.07. The van der Waals surface area contributed by atoms with Gasteiger partial charge in [-0.2, -0.15) is 13.2 Å². The molecular formula is C18H26F3N7S. The molecule has 0 spiro atoms. The van der Waals surface area contributed by atoms with E-state index >= 15 is 0 Å². The second-order valence-corrected chi connectivity index (χ2v) is 7.75. The van der Waals surface area contributed by atoms with E-state index in [1.165, 1.54) is 6.42 Å². The average molecular weight is 430 g/mol. The highest BCUT2D eigenvalue weighted by Gasteiger charge is 2.33. The fourth-order valence-corrected chi connectivity index (χ4v) is 3.98. The summed E-state index contributed by atoms with van der Waals surface area (Å²) in [5.74, 6) is 2.68. The Labute approximate surface area is 171 Å². The number of nitrogens with one attached hydrogen (secondary N) is 2. The number of aliphatic imine (C=N–C) groups is 1. The number of halogens is 3. The normalized spacial score (nSPS) is 15.1. The third-order valence-electron chi connectivity index (χ3n) is 4.61. The van der Waals surface area contributed by atoms with Gasteiger partial charge in [0.2, 0.25) is 0 Å². The molecule has 1 aliphatic heterocycles. The summed E-state index contributed by atoms with van der Waals surface area (Å²) >= 11 is 1.01. The largest absolute Gasteiger partial charge is 0.434 e. The van der Waals surface area contributed by atoms with E-state index in [0.29, 0.717) is 37.0 Å². The van der Waals surface area contributed by atoms with Gasteiger partial charge < -0.3 is 15.2 Å². The van der Waals surface area contributed by atoms with Gasteiger partial charge in [-0.1, -0.05) is 6.42 Å². The molecule has 160 valence electrons. The van der Waals surface area contributed by atoms with Crippen molar-refractivity contribution in [3.05, 3.63) is 27.7 Å². The lowest BCUT2D eigenvalue weighted by Crippen LogP contribution is -2.38. The number of nitrogens with zero attached hydrogens (tertiary/aromatic N) is 5. The number of fused-ring (bicyclic) bond motifs is 1. The Bertz CT molecular complexity index is 813. The Balaban J connectivity index is 1.49. The topological polar surface area (TPSA) is 80.0 Å². The van der Waals surface area contributed by atoms with Gasteiger partial charge in [0.15, 0.2) is 11.7 Å². The molecule has 0 aliphatic carbocycles. The predicted octanol–water partition coefficient (Wildman–Crippen LogP) is 2.82. The Morgan fingerprint density at radius 1 is 1.21 bits per heavy atom. The van der Waals surface area contributed by atoms with Gasteiger partial charge in [-0.25, -0.2) is 4.98 Å². The van der Waals surface area contributed by atoms with Crippen LogP contribution in [-0.2, 0) is 32.0 Å². The van der Waals surface area contributed by atoms with E-state index < -0.39 is 11.9 Å². The van der Waals surface area contributed by atoms with Crippen molar-refractivity contribution in [2.24, 2.45) is 4.99 Å². The number of aryl methyl sites for hydroxylation is 1. The van der Waals surface area contributed by atoms with Crippen LogP contribution in [-0.4, -0.2) is 45.3 Å². The maximum absolute atomic E-state index is 12.6. The molecule has 2 aromatic heterocycles. The molecule has 0 aromatic carbocycles. The molecule has 29 heavy (non-hydrogen) atoms.